The molecule has 0 amide bonds. The van der Waals surface area contributed by atoms with Crippen molar-refractivity contribution in [3.8, 4) is 0 Å². The van der Waals surface area contributed by atoms with Crippen molar-refractivity contribution in [2.45, 2.75) is 25.9 Å². The Labute approximate surface area is 112 Å². The largest absolute Gasteiger partial charge is 0.295 e. The molecule has 1 aliphatic rings. The van der Waals surface area contributed by atoms with Crippen LogP contribution in [0.1, 0.15) is 17.9 Å². The number of sulfone groups is 1. The Morgan fingerprint density at radius 3 is 2.78 bits per heavy atom. The predicted molar refractivity (Wildman–Crippen MR) is 70.3 cm³/mol. The maximum Gasteiger partial charge on any atom is 0.151 e. The van der Waals surface area contributed by atoms with Crippen molar-refractivity contribution in [1.29, 1.82) is 0 Å². The number of halogens is 1. The molecule has 1 aromatic rings. The van der Waals surface area contributed by atoms with Crippen LogP contribution in [0.2, 0.25) is 5.15 Å². The second-order valence-corrected chi connectivity index (χ2v) is 7.34. The number of hydrogen-bond acceptors (Lipinski definition) is 5. The summed E-state index contributed by atoms with van der Waals surface area (Å²) in [5.41, 5.74) is 0.817. The number of aryl methyl sites for hydroxylation is 1. The molecule has 1 aromatic heterocycles. The van der Waals surface area contributed by atoms with Gasteiger partial charge < -0.3 is 0 Å². The Morgan fingerprint density at radius 1 is 1.50 bits per heavy atom. The molecular weight excluding hydrogens is 274 g/mol. The molecule has 100 valence electrons. The van der Waals surface area contributed by atoms with E-state index in [0.717, 1.165) is 5.69 Å². The molecule has 0 bridgehead atoms. The van der Waals surface area contributed by atoms with Gasteiger partial charge in [0.25, 0.3) is 0 Å². The lowest BCUT2D eigenvalue weighted by Crippen LogP contribution is -2.32. The molecule has 0 radical (unpaired) electrons. The fraction of sp³-hybridized carbons (Fsp3) is 0.636. The third-order valence-corrected chi connectivity index (χ3v) is 5.04. The van der Waals surface area contributed by atoms with Gasteiger partial charge in [0, 0.05) is 11.7 Å². The summed E-state index contributed by atoms with van der Waals surface area (Å²) < 4.78 is 22.9. The van der Waals surface area contributed by atoms with E-state index in [1.165, 1.54) is 0 Å². The molecule has 0 saturated carbocycles. The van der Waals surface area contributed by atoms with Crippen LogP contribution in [0.5, 0.6) is 0 Å². The highest BCUT2D eigenvalue weighted by molar-refractivity contribution is 7.91. The van der Waals surface area contributed by atoms with E-state index in [-0.39, 0.29) is 17.5 Å². The van der Waals surface area contributed by atoms with Gasteiger partial charge in [0.05, 0.1) is 18.1 Å². The van der Waals surface area contributed by atoms with E-state index in [2.05, 4.69) is 9.97 Å². The van der Waals surface area contributed by atoms with Gasteiger partial charge in [-0.2, -0.15) is 0 Å². The Bertz CT molecular complexity index is 527. The molecular formula is C11H16ClN3O2S. The fourth-order valence-electron chi connectivity index (χ4n) is 2.13. The lowest BCUT2D eigenvalue weighted by Gasteiger charge is -2.22. The first-order chi connectivity index (χ1) is 8.35. The predicted octanol–water partition coefficient (Wildman–Crippen LogP) is 1.06. The van der Waals surface area contributed by atoms with E-state index in [4.69, 9.17) is 11.6 Å². The average molecular weight is 290 g/mol. The second kappa shape index (κ2) is 5.11. The van der Waals surface area contributed by atoms with Gasteiger partial charge in [-0.1, -0.05) is 11.6 Å². The quantitative estimate of drug-likeness (QED) is 0.779. The van der Waals surface area contributed by atoms with Crippen LogP contribution < -0.4 is 0 Å². The van der Waals surface area contributed by atoms with Gasteiger partial charge in [0.15, 0.2) is 9.84 Å². The Kier molecular flexibility index (Phi) is 3.89. The first-order valence-electron chi connectivity index (χ1n) is 5.76. The van der Waals surface area contributed by atoms with E-state index >= 15 is 0 Å². The molecule has 2 heterocycles. The summed E-state index contributed by atoms with van der Waals surface area (Å²) in [5, 5.41) is 0.421. The summed E-state index contributed by atoms with van der Waals surface area (Å²) >= 11 is 5.87. The summed E-state index contributed by atoms with van der Waals surface area (Å²) in [7, 11) is -0.964. The molecule has 0 aromatic carbocycles. The van der Waals surface area contributed by atoms with Crippen LogP contribution in [0.25, 0.3) is 0 Å². The molecule has 2 rings (SSSR count). The summed E-state index contributed by atoms with van der Waals surface area (Å²) in [4.78, 5) is 10.4. The molecule has 1 atom stereocenters. The molecule has 5 nitrogen and oxygen atoms in total. The van der Waals surface area contributed by atoms with Crippen molar-refractivity contribution in [3.05, 3.63) is 22.7 Å². The number of aromatic nitrogens is 2. The molecule has 0 aliphatic carbocycles. The second-order valence-electron chi connectivity index (χ2n) is 4.72. The molecule has 1 fully saturated rings. The normalized spacial score (nSPS) is 22.6. The minimum atomic E-state index is -2.86. The highest BCUT2D eigenvalue weighted by Crippen LogP contribution is 2.18. The maximum atomic E-state index is 11.4. The van der Waals surface area contributed by atoms with Crippen LogP contribution in [-0.2, 0) is 16.4 Å². The SMILES string of the molecule is Cc1cc(Cl)nc(CN(C)C2CCS(=O)(=O)C2)n1. The van der Waals surface area contributed by atoms with E-state index in [1.807, 2.05) is 18.9 Å². The molecule has 1 saturated heterocycles. The van der Waals surface area contributed by atoms with Crippen LogP contribution in [-0.4, -0.2) is 47.9 Å². The number of rotatable bonds is 3. The van der Waals surface area contributed by atoms with Crippen molar-refractivity contribution in [2.75, 3.05) is 18.6 Å². The molecule has 0 N–H and O–H groups in total. The van der Waals surface area contributed by atoms with Crippen molar-refractivity contribution in [3.63, 3.8) is 0 Å². The van der Waals surface area contributed by atoms with Crippen molar-refractivity contribution >= 4 is 21.4 Å². The lowest BCUT2D eigenvalue weighted by molar-refractivity contribution is 0.247. The van der Waals surface area contributed by atoms with Crippen LogP contribution in [0.4, 0.5) is 0 Å². The zero-order valence-electron chi connectivity index (χ0n) is 10.4. The minimum absolute atomic E-state index is 0.0536. The summed E-state index contributed by atoms with van der Waals surface area (Å²) in [6, 6.07) is 1.75. The van der Waals surface area contributed by atoms with Crippen molar-refractivity contribution < 1.29 is 8.42 Å². The van der Waals surface area contributed by atoms with E-state index in [1.54, 1.807) is 6.07 Å². The first kappa shape index (κ1) is 13.7. The molecule has 7 heteroatoms. The van der Waals surface area contributed by atoms with Crippen molar-refractivity contribution in [2.24, 2.45) is 0 Å². The van der Waals surface area contributed by atoms with Crippen LogP contribution >= 0.6 is 11.6 Å². The Hall–Kier alpha value is -0.720. The van der Waals surface area contributed by atoms with Crippen LogP contribution in [0, 0.1) is 6.92 Å². The van der Waals surface area contributed by atoms with Gasteiger partial charge in [0.2, 0.25) is 0 Å². The summed E-state index contributed by atoms with van der Waals surface area (Å²) in [6.45, 7) is 2.37. The van der Waals surface area contributed by atoms with Gasteiger partial charge in [-0.25, -0.2) is 18.4 Å². The Morgan fingerprint density at radius 2 is 2.22 bits per heavy atom. The standard InChI is InChI=1S/C11H16ClN3O2S/c1-8-5-10(12)14-11(13-8)6-15(2)9-3-4-18(16,17)7-9/h5,9H,3-4,6-7H2,1-2H3. The third kappa shape index (κ3) is 3.40. The maximum absolute atomic E-state index is 11.4. The van der Waals surface area contributed by atoms with Gasteiger partial charge >= 0.3 is 0 Å². The van der Waals surface area contributed by atoms with Gasteiger partial charge in [-0.05, 0) is 26.5 Å². The average Bonchev–Trinajstić information content (AvgIpc) is 2.57. The van der Waals surface area contributed by atoms with Crippen LogP contribution in [0.3, 0.4) is 0 Å². The third-order valence-electron chi connectivity index (χ3n) is 3.09. The van der Waals surface area contributed by atoms with Crippen molar-refractivity contribution in [1.82, 2.24) is 14.9 Å². The highest BCUT2D eigenvalue weighted by atomic mass is 35.5. The summed E-state index contributed by atoms with van der Waals surface area (Å²) in [5.74, 6) is 1.13. The molecule has 18 heavy (non-hydrogen) atoms. The molecule has 0 spiro atoms. The number of nitrogens with zero attached hydrogens (tertiary/aromatic N) is 3. The van der Waals surface area contributed by atoms with E-state index in [0.29, 0.717) is 23.9 Å². The smallest absolute Gasteiger partial charge is 0.151 e. The first-order valence-corrected chi connectivity index (χ1v) is 7.96. The molecule has 1 unspecified atom stereocenters. The Balaban J connectivity index is 2.05. The monoisotopic (exact) mass is 289 g/mol. The topological polar surface area (TPSA) is 63.2 Å². The highest BCUT2D eigenvalue weighted by Gasteiger charge is 2.30. The van der Waals surface area contributed by atoms with Crippen LogP contribution in [0.15, 0.2) is 6.07 Å². The van der Waals surface area contributed by atoms with E-state index < -0.39 is 9.84 Å². The molecule has 1 aliphatic heterocycles. The van der Waals surface area contributed by atoms with Gasteiger partial charge in [0.1, 0.15) is 11.0 Å². The van der Waals surface area contributed by atoms with Gasteiger partial charge in [-0.15, -0.1) is 0 Å². The zero-order chi connectivity index (χ0) is 13.3. The fourth-order valence-corrected chi connectivity index (χ4v) is 4.20. The lowest BCUT2D eigenvalue weighted by atomic mass is 10.2. The van der Waals surface area contributed by atoms with E-state index in [9.17, 15) is 8.42 Å². The van der Waals surface area contributed by atoms with Gasteiger partial charge in [-0.3, -0.25) is 4.90 Å². The zero-order valence-corrected chi connectivity index (χ0v) is 12.0. The minimum Gasteiger partial charge on any atom is -0.295 e. The summed E-state index contributed by atoms with van der Waals surface area (Å²) in [6.07, 6.45) is 0.679. The number of hydrogen-bond donors (Lipinski definition) is 0.